The molecule has 1 heterocycles. The van der Waals surface area contributed by atoms with E-state index in [9.17, 15) is 0 Å². The predicted octanol–water partition coefficient (Wildman–Crippen LogP) is 2.69. The van der Waals surface area contributed by atoms with Crippen LogP contribution in [0.5, 0.6) is 5.75 Å². The third kappa shape index (κ3) is 4.68. The monoisotopic (exact) mass is 284 g/mol. The van der Waals surface area contributed by atoms with Crippen LogP contribution in [0.4, 0.5) is 0 Å². The van der Waals surface area contributed by atoms with Crippen LogP contribution in [0.2, 0.25) is 0 Å². The summed E-state index contributed by atoms with van der Waals surface area (Å²) in [5.74, 6) is 0.934. The first kappa shape index (κ1) is 16.3. The lowest BCUT2D eigenvalue weighted by Gasteiger charge is -2.28. The molecular formula is C15H25ClN2O. The van der Waals surface area contributed by atoms with Gasteiger partial charge in [-0.05, 0) is 43.6 Å². The van der Waals surface area contributed by atoms with Crippen LogP contribution < -0.4 is 10.1 Å². The Morgan fingerprint density at radius 1 is 1.32 bits per heavy atom. The van der Waals surface area contributed by atoms with E-state index in [2.05, 4.69) is 29.3 Å². The van der Waals surface area contributed by atoms with Crippen LogP contribution >= 0.6 is 12.4 Å². The minimum atomic E-state index is 0. The molecule has 1 N–H and O–H groups in total. The molecule has 1 aromatic rings. The van der Waals surface area contributed by atoms with Crippen molar-refractivity contribution in [1.82, 2.24) is 10.2 Å². The Morgan fingerprint density at radius 3 is 2.58 bits per heavy atom. The van der Waals surface area contributed by atoms with Crippen LogP contribution in [0, 0.1) is 0 Å². The highest BCUT2D eigenvalue weighted by atomic mass is 35.5. The second-order valence-corrected chi connectivity index (χ2v) is 4.97. The zero-order chi connectivity index (χ0) is 12.8. The minimum absolute atomic E-state index is 0. The Bertz CT molecular complexity index is 350. The first-order valence-corrected chi connectivity index (χ1v) is 6.91. The fraction of sp³-hybridized carbons (Fsp3) is 0.600. The SMILES string of the molecule is CCCN(Cc1ccc(OC)cc1)C1CCNC1.Cl. The van der Waals surface area contributed by atoms with Gasteiger partial charge in [-0.1, -0.05) is 19.1 Å². The highest BCUT2D eigenvalue weighted by Gasteiger charge is 2.21. The minimum Gasteiger partial charge on any atom is -0.497 e. The Hall–Kier alpha value is -0.770. The van der Waals surface area contributed by atoms with Gasteiger partial charge in [-0.25, -0.2) is 0 Å². The summed E-state index contributed by atoms with van der Waals surface area (Å²) >= 11 is 0. The smallest absolute Gasteiger partial charge is 0.118 e. The summed E-state index contributed by atoms with van der Waals surface area (Å²) in [5, 5.41) is 3.45. The Balaban J connectivity index is 0.00000180. The van der Waals surface area contributed by atoms with Gasteiger partial charge in [0.15, 0.2) is 0 Å². The molecule has 1 saturated heterocycles. The van der Waals surface area contributed by atoms with Crippen molar-refractivity contribution in [2.24, 2.45) is 0 Å². The van der Waals surface area contributed by atoms with Crippen LogP contribution in [0.1, 0.15) is 25.3 Å². The Morgan fingerprint density at radius 2 is 2.05 bits per heavy atom. The third-order valence-corrected chi connectivity index (χ3v) is 3.61. The number of hydrogen-bond acceptors (Lipinski definition) is 3. The van der Waals surface area contributed by atoms with Gasteiger partial charge in [-0.3, -0.25) is 4.90 Å². The maximum atomic E-state index is 5.20. The molecule has 0 saturated carbocycles. The normalized spacial score (nSPS) is 18.4. The van der Waals surface area contributed by atoms with E-state index in [1.54, 1.807) is 7.11 Å². The number of hydrogen-bond donors (Lipinski definition) is 1. The highest BCUT2D eigenvalue weighted by Crippen LogP contribution is 2.16. The van der Waals surface area contributed by atoms with Crippen molar-refractivity contribution in [1.29, 1.82) is 0 Å². The number of ether oxygens (including phenoxy) is 1. The van der Waals surface area contributed by atoms with E-state index in [-0.39, 0.29) is 12.4 Å². The van der Waals surface area contributed by atoms with E-state index in [0.717, 1.165) is 25.4 Å². The van der Waals surface area contributed by atoms with E-state index in [1.165, 1.54) is 24.9 Å². The molecule has 1 aliphatic heterocycles. The number of benzene rings is 1. The first-order chi connectivity index (χ1) is 8.83. The predicted molar refractivity (Wildman–Crippen MR) is 82.2 cm³/mol. The van der Waals surface area contributed by atoms with Gasteiger partial charge < -0.3 is 10.1 Å². The molecule has 1 aromatic carbocycles. The zero-order valence-corrected chi connectivity index (χ0v) is 12.7. The van der Waals surface area contributed by atoms with Gasteiger partial charge in [0.05, 0.1) is 7.11 Å². The lowest BCUT2D eigenvalue weighted by molar-refractivity contribution is 0.199. The molecular weight excluding hydrogens is 260 g/mol. The average Bonchev–Trinajstić information content (AvgIpc) is 2.93. The van der Waals surface area contributed by atoms with Gasteiger partial charge in [0, 0.05) is 19.1 Å². The van der Waals surface area contributed by atoms with Gasteiger partial charge in [0.25, 0.3) is 0 Å². The second kappa shape index (κ2) is 8.41. The summed E-state index contributed by atoms with van der Waals surface area (Å²) in [6.07, 6.45) is 2.49. The van der Waals surface area contributed by atoms with Gasteiger partial charge in [0.1, 0.15) is 5.75 Å². The van der Waals surface area contributed by atoms with Crippen LogP contribution in [0.3, 0.4) is 0 Å². The fourth-order valence-electron chi connectivity index (χ4n) is 2.59. The second-order valence-electron chi connectivity index (χ2n) is 4.97. The average molecular weight is 285 g/mol. The summed E-state index contributed by atoms with van der Waals surface area (Å²) < 4.78 is 5.20. The molecule has 0 bridgehead atoms. The molecule has 0 amide bonds. The van der Waals surface area contributed by atoms with Crippen molar-refractivity contribution in [3.05, 3.63) is 29.8 Å². The van der Waals surface area contributed by atoms with Crippen molar-refractivity contribution in [2.45, 2.75) is 32.4 Å². The van der Waals surface area contributed by atoms with Crippen molar-refractivity contribution >= 4 is 12.4 Å². The molecule has 4 heteroatoms. The quantitative estimate of drug-likeness (QED) is 0.869. The molecule has 0 aliphatic carbocycles. The van der Waals surface area contributed by atoms with Crippen molar-refractivity contribution in [3.8, 4) is 5.75 Å². The van der Waals surface area contributed by atoms with Gasteiger partial charge in [-0.15, -0.1) is 12.4 Å². The van der Waals surface area contributed by atoms with Crippen molar-refractivity contribution in [3.63, 3.8) is 0 Å². The maximum absolute atomic E-state index is 5.20. The van der Waals surface area contributed by atoms with E-state index < -0.39 is 0 Å². The molecule has 0 radical (unpaired) electrons. The zero-order valence-electron chi connectivity index (χ0n) is 11.9. The Labute approximate surface area is 122 Å². The summed E-state index contributed by atoms with van der Waals surface area (Å²) in [6.45, 7) is 6.77. The molecule has 19 heavy (non-hydrogen) atoms. The molecule has 1 unspecified atom stereocenters. The topological polar surface area (TPSA) is 24.5 Å². The van der Waals surface area contributed by atoms with E-state index in [0.29, 0.717) is 6.04 Å². The summed E-state index contributed by atoms with van der Waals surface area (Å²) in [6, 6.07) is 9.14. The number of halogens is 1. The first-order valence-electron chi connectivity index (χ1n) is 6.91. The van der Waals surface area contributed by atoms with Gasteiger partial charge in [0.2, 0.25) is 0 Å². The highest BCUT2D eigenvalue weighted by molar-refractivity contribution is 5.85. The van der Waals surface area contributed by atoms with E-state index in [1.807, 2.05) is 12.1 Å². The lowest BCUT2D eigenvalue weighted by atomic mass is 10.1. The number of nitrogens with one attached hydrogen (secondary N) is 1. The molecule has 1 fully saturated rings. The van der Waals surface area contributed by atoms with Crippen LogP contribution in [0.15, 0.2) is 24.3 Å². The van der Waals surface area contributed by atoms with Crippen LogP contribution in [0.25, 0.3) is 0 Å². The maximum Gasteiger partial charge on any atom is 0.118 e. The van der Waals surface area contributed by atoms with Crippen LogP contribution in [-0.2, 0) is 6.54 Å². The van der Waals surface area contributed by atoms with Gasteiger partial charge in [-0.2, -0.15) is 0 Å². The molecule has 1 atom stereocenters. The van der Waals surface area contributed by atoms with Crippen molar-refractivity contribution in [2.75, 3.05) is 26.7 Å². The summed E-state index contributed by atoms with van der Waals surface area (Å²) in [7, 11) is 1.71. The molecule has 1 aliphatic rings. The van der Waals surface area contributed by atoms with Crippen LogP contribution in [-0.4, -0.2) is 37.7 Å². The molecule has 2 rings (SSSR count). The number of nitrogens with zero attached hydrogens (tertiary/aromatic N) is 1. The summed E-state index contributed by atoms with van der Waals surface area (Å²) in [4.78, 5) is 2.60. The standard InChI is InChI=1S/C15H24N2O.ClH/c1-3-10-17(14-8-9-16-11-14)12-13-4-6-15(18-2)7-5-13;/h4-7,14,16H,3,8-12H2,1-2H3;1H. The van der Waals surface area contributed by atoms with E-state index >= 15 is 0 Å². The molecule has 0 spiro atoms. The fourth-order valence-corrected chi connectivity index (χ4v) is 2.59. The lowest BCUT2D eigenvalue weighted by Crippen LogP contribution is -2.36. The number of methoxy groups -OCH3 is 1. The summed E-state index contributed by atoms with van der Waals surface area (Å²) in [5.41, 5.74) is 1.37. The third-order valence-electron chi connectivity index (χ3n) is 3.61. The Kier molecular flexibility index (Phi) is 7.21. The van der Waals surface area contributed by atoms with Gasteiger partial charge >= 0.3 is 0 Å². The molecule has 0 aromatic heterocycles. The largest absolute Gasteiger partial charge is 0.497 e. The molecule has 108 valence electrons. The van der Waals surface area contributed by atoms with Crippen molar-refractivity contribution < 1.29 is 4.74 Å². The van der Waals surface area contributed by atoms with E-state index in [4.69, 9.17) is 4.74 Å². The molecule has 3 nitrogen and oxygen atoms in total. The number of rotatable bonds is 6.